The van der Waals surface area contributed by atoms with Gasteiger partial charge in [0.15, 0.2) is 5.69 Å². The third kappa shape index (κ3) is 8.28. The molecule has 0 unspecified atom stereocenters. The molecular weight excluding hydrogens is 344 g/mol. The van der Waals surface area contributed by atoms with Crippen LogP contribution in [-0.4, -0.2) is 40.9 Å². The third-order valence-corrected chi connectivity index (χ3v) is 4.51. The Labute approximate surface area is 142 Å². The SMILES string of the molecule is C[Si](C)(C)OC(=O)c1cc(O[Si](C)(C)C)nc(O[Si](C)(C)C)n1. The molecule has 1 aromatic rings. The van der Waals surface area contributed by atoms with E-state index in [1.165, 1.54) is 6.07 Å². The van der Waals surface area contributed by atoms with Gasteiger partial charge in [-0.2, -0.15) is 9.97 Å². The first kappa shape index (κ1) is 19.8. The topological polar surface area (TPSA) is 70.5 Å². The zero-order valence-corrected chi connectivity index (χ0v) is 18.6. The molecule has 9 heteroatoms. The van der Waals surface area contributed by atoms with Gasteiger partial charge in [-0.15, -0.1) is 0 Å². The molecule has 0 aliphatic rings. The van der Waals surface area contributed by atoms with E-state index in [1.807, 2.05) is 58.9 Å². The lowest BCUT2D eigenvalue weighted by molar-refractivity contribution is 0.0716. The van der Waals surface area contributed by atoms with Crippen molar-refractivity contribution in [2.45, 2.75) is 58.9 Å². The van der Waals surface area contributed by atoms with E-state index in [0.29, 0.717) is 5.88 Å². The maximum atomic E-state index is 12.3. The zero-order chi connectivity index (χ0) is 18.1. The standard InChI is InChI=1S/C14H28N2O4Si3/c1-21(2,3)18-12-10-11(13(17)19-22(4,5)6)15-14(16-12)20-23(7,8)9/h10H,1-9H3. The molecule has 0 atom stereocenters. The molecule has 0 saturated carbocycles. The van der Waals surface area contributed by atoms with Gasteiger partial charge >= 0.3 is 12.0 Å². The minimum atomic E-state index is -2.01. The monoisotopic (exact) mass is 372 g/mol. The van der Waals surface area contributed by atoms with Crippen LogP contribution in [0.3, 0.4) is 0 Å². The molecule has 0 bridgehead atoms. The van der Waals surface area contributed by atoms with Crippen LogP contribution in [0.15, 0.2) is 6.07 Å². The molecule has 6 nitrogen and oxygen atoms in total. The molecule has 0 aliphatic carbocycles. The Morgan fingerprint density at radius 2 is 1.35 bits per heavy atom. The number of rotatable bonds is 6. The number of nitrogens with zero attached hydrogens (tertiary/aromatic N) is 2. The highest BCUT2D eigenvalue weighted by atomic mass is 28.4. The van der Waals surface area contributed by atoms with Crippen molar-refractivity contribution in [2.75, 3.05) is 0 Å². The molecule has 23 heavy (non-hydrogen) atoms. The van der Waals surface area contributed by atoms with Crippen LogP contribution in [0.5, 0.6) is 11.9 Å². The Balaban J connectivity index is 3.20. The van der Waals surface area contributed by atoms with Crippen LogP contribution in [0.2, 0.25) is 58.9 Å². The lowest BCUT2D eigenvalue weighted by Crippen LogP contribution is -2.33. The molecule has 1 aromatic heterocycles. The fourth-order valence-corrected chi connectivity index (χ4v) is 3.56. The quantitative estimate of drug-likeness (QED) is 0.705. The normalized spacial score (nSPS) is 12.7. The van der Waals surface area contributed by atoms with Crippen molar-refractivity contribution in [1.29, 1.82) is 0 Å². The van der Waals surface area contributed by atoms with Crippen LogP contribution in [0, 0.1) is 0 Å². The average molecular weight is 373 g/mol. The summed E-state index contributed by atoms with van der Waals surface area (Å²) in [4.78, 5) is 20.8. The van der Waals surface area contributed by atoms with Gasteiger partial charge in [-0.05, 0) is 58.9 Å². The summed E-state index contributed by atoms with van der Waals surface area (Å²) >= 11 is 0. The highest BCUT2D eigenvalue weighted by molar-refractivity contribution is 6.71. The van der Waals surface area contributed by atoms with Gasteiger partial charge in [0, 0.05) is 6.07 Å². The Hall–Kier alpha value is -1.20. The van der Waals surface area contributed by atoms with Gasteiger partial charge in [-0.1, -0.05) is 0 Å². The fraction of sp³-hybridized carbons (Fsp3) is 0.643. The van der Waals surface area contributed by atoms with Crippen molar-refractivity contribution in [1.82, 2.24) is 9.97 Å². The Bertz CT molecular complexity index is 541. The number of hydrogen-bond donors (Lipinski definition) is 0. The molecule has 0 fully saturated rings. The van der Waals surface area contributed by atoms with Crippen LogP contribution in [0.4, 0.5) is 0 Å². The maximum absolute atomic E-state index is 12.3. The van der Waals surface area contributed by atoms with Gasteiger partial charge in [-0.3, -0.25) is 0 Å². The molecular formula is C14H28N2O4Si3. The molecule has 0 radical (unpaired) electrons. The average Bonchev–Trinajstić information content (AvgIpc) is 2.20. The van der Waals surface area contributed by atoms with Crippen molar-refractivity contribution < 1.29 is 18.1 Å². The zero-order valence-electron chi connectivity index (χ0n) is 15.6. The number of carbonyl (C=O) groups is 1. The van der Waals surface area contributed by atoms with E-state index in [9.17, 15) is 4.79 Å². The summed E-state index contributed by atoms with van der Waals surface area (Å²) in [5.41, 5.74) is 0.184. The van der Waals surface area contributed by atoms with Crippen molar-refractivity contribution in [3.05, 3.63) is 11.8 Å². The van der Waals surface area contributed by atoms with Crippen LogP contribution in [-0.2, 0) is 4.43 Å². The largest absolute Gasteiger partial charge is 0.531 e. The Morgan fingerprint density at radius 1 is 0.826 bits per heavy atom. The number of aromatic nitrogens is 2. The molecule has 0 aromatic carbocycles. The number of hydrogen-bond acceptors (Lipinski definition) is 6. The van der Waals surface area contributed by atoms with E-state index >= 15 is 0 Å². The highest BCUT2D eigenvalue weighted by Gasteiger charge is 2.26. The van der Waals surface area contributed by atoms with E-state index in [1.54, 1.807) is 0 Å². The molecule has 130 valence electrons. The predicted octanol–water partition coefficient (Wildman–Crippen LogP) is 3.90. The molecule has 0 amide bonds. The second kappa shape index (κ2) is 6.73. The van der Waals surface area contributed by atoms with Gasteiger partial charge in [0.05, 0.1) is 0 Å². The van der Waals surface area contributed by atoms with Crippen molar-refractivity contribution in [3.63, 3.8) is 0 Å². The lowest BCUT2D eigenvalue weighted by atomic mass is 10.4. The third-order valence-electron chi connectivity index (χ3n) is 2.10. The summed E-state index contributed by atoms with van der Waals surface area (Å²) in [6.45, 7) is 18.1. The van der Waals surface area contributed by atoms with E-state index in [2.05, 4.69) is 9.97 Å². The molecule has 0 aliphatic heterocycles. The summed E-state index contributed by atoms with van der Waals surface area (Å²) in [7, 11) is -5.76. The van der Waals surface area contributed by atoms with E-state index in [-0.39, 0.29) is 11.7 Å². The van der Waals surface area contributed by atoms with E-state index in [0.717, 1.165) is 0 Å². The summed E-state index contributed by atoms with van der Waals surface area (Å²) < 4.78 is 17.3. The van der Waals surface area contributed by atoms with Crippen LogP contribution < -0.4 is 8.85 Å². The summed E-state index contributed by atoms with van der Waals surface area (Å²) in [5, 5.41) is 0. The first-order valence-corrected chi connectivity index (χ1v) is 17.9. The Morgan fingerprint density at radius 3 is 1.78 bits per heavy atom. The first-order valence-electron chi connectivity index (χ1n) is 7.65. The van der Waals surface area contributed by atoms with E-state index < -0.39 is 30.9 Å². The van der Waals surface area contributed by atoms with Crippen molar-refractivity contribution in [3.8, 4) is 11.9 Å². The summed E-state index contributed by atoms with van der Waals surface area (Å²) in [5.74, 6) is -0.0811. The van der Waals surface area contributed by atoms with Gasteiger partial charge in [0.25, 0.3) is 0 Å². The van der Waals surface area contributed by atoms with Gasteiger partial charge in [0.2, 0.25) is 30.8 Å². The summed E-state index contributed by atoms with van der Waals surface area (Å²) in [6, 6.07) is 1.72. The second-order valence-corrected chi connectivity index (χ2v) is 21.6. The van der Waals surface area contributed by atoms with Crippen LogP contribution in [0.25, 0.3) is 0 Å². The minimum Gasteiger partial charge on any atom is -0.531 e. The molecule has 1 rings (SSSR count). The Kier molecular flexibility index (Phi) is 5.81. The lowest BCUT2D eigenvalue weighted by Gasteiger charge is -2.22. The van der Waals surface area contributed by atoms with Crippen LogP contribution >= 0.6 is 0 Å². The first-order chi connectivity index (χ1) is 10.1. The van der Waals surface area contributed by atoms with Gasteiger partial charge in [0.1, 0.15) is 0 Å². The molecule has 0 saturated heterocycles. The van der Waals surface area contributed by atoms with Crippen molar-refractivity contribution >= 4 is 30.9 Å². The minimum absolute atomic E-state index is 0.183. The highest BCUT2D eigenvalue weighted by Crippen LogP contribution is 2.21. The second-order valence-electron chi connectivity index (χ2n) is 8.30. The van der Waals surface area contributed by atoms with Crippen LogP contribution in [0.1, 0.15) is 10.5 Å². The fourth-order valence-electron chi connectivity index (χ4n) is 1.52. The smallest absolute Gasteiger partial charge is 0.344 e. The number of carbonyl (C=O) groups excluding carboxylic acids is 1. The predicted molar refractivity (Wildman–Crippen MR) is 98.7 cm³/mol. The van der Waals surface area contributed by atoms with E-state index in [4.69, 9.17) is 13.3 Å². The van der Waals surface area contributed by atoms with Gasteiger partial charge in [-0.25, -0.2) is 4.79 Å². The van der Waals surface area contributed by atoms with Crippen molar-refractivity contribution in [2.24, 2.45) is 0 Å². The molecule has 0 spiro atoms. The van der Waals surface area contributed by atoms with Gasteiger partial charge < -0.3 is 13.3 Å². The molecule has 0 N–H and O–H groups in total. The summed E-state index contributed by atoms with van der Waals surface area (Å²) in [6.07, 6.45) is 0. The maximum Gasteiger partial charge on any atom is 0.344 e. The molecule has 1 heterocycles.